The Morgan fingerprint density at radius 2 is 2.28 bits per heavy atom. The molecular weight excluding hydrogens is 230 g/mol. The Labute approximate surface area is 109 Å². The number of hydrogen-bond donors (Lipinski definition) is 2. The molecule has 18 heavy (non-hydrogen) atoms. The highest BCUT2D eigenvalue weighted by molar-refractivity contribution is 5.85. The second-order valence-corrected chi connectivity index (χ2v) is 5.38. The van der Waals surface area contributed by atoms with Gasteiger partial charge < -0.3 is 16.0 Å². The number of nitrogens with one attached hydrogen (secondary N) is 1. The summed E-state index contributed by atoms with van der Waals surface area (Å²) >= 11 is 0. The average molecular weight is 255 g/mol. The van der Waals surface area contributed by atoms with E-state index in [0.29, 0.717) is 13.0 Å². The van der Waals surface area contributed by atoms with Crippen molar-refractivity contribution >= 4 is 11.8 Å². The van der Waals surface area contributed by atoms with E-state index in [9.17, 15) is 9.59 Å². The number of rotatable bonds is 5. The highest BCUT2D eigenvalue weighted by Crippen LogP contribution is 2.16. The molecule has 0 aromatic rings. The SMILES string of the molecule is CCCC(C)NC(=O)CN1CC(N)C(C)CC1=O. The molecule has 0 aromatic carbocycles. The molecule has 3 atom stereocenters. The van der Waals surface area contributed by atoms with Gasteiger partial charge in [-0.05, 0) is 19.3 Å². The van der Waals surface area contributed by atoms with Crippen molar-refractivity contribution in [2.45, 2.75) is 52.1 Å². The molecule has 0 bridgehead atoms. The van der Waals surface area contributed by atoms with Gasteiger partial charge in [0, 0.05) is 25.0 Å². The molecular formula is C13H25N3O2. The van der Waals surface area contributed by atoms with Crippen molar-refractivity contribution in [1.82, 2.24) is 10.2 Å². The number of nitrogens with zero attached hydrogens (tertiary/aromatic N) is 1. The molecule has 3 N–H and O–H groups in total. The smallest absolute Gasteiger partial charge is 0.239 e. The maximum absolute atomic E-state index is 11.8. The maximum atomic E-state index is 11.8. The van der Waals surface area contributed by atoms with Crippen LogP contribution in [0.2, 0.25) is 0 Å². The summed E-state index contributed by atoms with van der Waals surface area (Å²) in [6.07, 6.45) is 2.43. The third kappa shape index (κ3) is 4.29. The number of carbonyl (C=O) groups is 2. The van der Waals surface area contributed by atoms with Crippen LogP contribution in [0.3, 0.4) is 0 Å². The molecule has 104 valence electrons. The van der Waals surface area contributed by atoms with E-state index in [1.807, 2.05) is 13.8 Å². The lowest BCUT2D eigenvalue weighted by Gasteiger charge is -2.34. The standard InChI is InChI=1S/C13H25N3O2/c1-4-5-10(3)15-12(17)8-16-7-11(14)9(2)6-13(16)18/h9-11H,4-8,14H2,1-3H3,(H,15,17). The Bertz CT molecular complexity index is 307. The summed E-state index contributed by atoms with van der Waals surface area (Å²) in [5, 5.41) is 2.90. The van der Waals surface area contributed by atoms with E-state index in [2.05, 4.69) is 12.2 Å². The first-order valence-corrected chi connectivity index (χ1v) is 6.76. The Morgan fingerprint density at radius 1 is 1.61 bits per heavy atom. The van der Waals surface area contributed by atoms with Crippen molar-refractivity contribution in [3.8, 4) is 0 Å². The van der Waals surface area contributed by atoms with Crippen LogP contribution in [0.15, 0.2) is 0 Å². The van der Waals surface area contributed by atoms with Crippen LogP contribution >= 0.6 is 0 Å². The maximum Gasteiger partial charge on any atom is 0.239 e. The van der Waals surface area contributed by atoms with Gasteiger partial charge in [0.1, 0.15) is 0 Å². The van der Waals surface area contributed by atoms with E-state index in [-0.39, 0.29) is 36.4 Å². The first kappa shape index (κ1) is 15.0. The van der Waals surface area contributed by atoms with Gasteiger partial charge in [0.2, 0.25) is 11.8 Å². The minimum absolute atomic E-state index is 0.0245. The van der Waals surface area contributed by atoms with Gasteiger partial charge in [-0.3, -0.25) is 9.59 Å². The number of nitrogens with two attached hydrogens (primary N) is 1. The fourth-order valence-corrected chi connectivity index (χ4v) is 2.24. The summed E-state index contributed by atoms with van der Waals surface area (Å²) in [7, 11) is 0. The van der Waals surface area contributed by atoms with Crippen molar-refractivity contribution in [2.75, 3.05) is 13.1 Å². The first-order chi connectivity index (χ1) is 8.43. The topological polar surface area (TPSA) is 75.4 Å². The molecule has 1 fully saturated rings. The van der Waals surface area contributed by atoms with Crippen molar-refractivity contribution in [2.24, 2.45) is 11.7 Å². The van der Waals surface area contributed by atoms with Gasteiger partial charge in [0.25, 0.3) is 0 Å². The van der Waals surface area contributed by atoms with Gasteiger partial charge in [0.15, 0.2) is 0 Å². The quantitative estimate of drug-likeness (QED) is 0.750. The molecule has 3 unspecified atom stereocenters. The van der Waals surface area contributed by atoms with E-state index in [4.69, 9.17) is 5.73 Å². The molecule has 0 radical (unpaired) electrons. The van der Waals surface area contributed by atoms with Crippen LogP contribution in [0.5, 0.6) is 0 Å². The van der Waals surface area contributed by atoms with Gasteiger partial charge in [0.05, 0.1) is 6.54 Å². The predicted octanol–water partition coefficient (Wildman–Crippen LogP) is 0.487. The summed E-state index contributed by atoms with van der Waals surface area (Å²) in [6.45, 7) is 6.65. The van der Waals surface area contributed by atoms with Crippen LogP contribution in [0, 0.1) is 5.92 Å². The summed E-state index contributed by atoms with van der Waals surface area (Å²) in [6, 6.07) is 0.138. The van der Waals surface area contributed by atoms with Gasteiger partial charge in [-0.25, -0.2) is 0 Å². The number of hydrogen-bond acceptors (Lipinski definition) is 3. The Kier molecular flexibility index (Phi) is 5.59. The van der Waals surface area contributed by atoms with Gasteiger partial charge in [-0.2, -0.15) is 0 Å². The molecule has 1 heterocycles. The van der Waals surface area contributed by atoms with Crippen molar-refractivity contribution in [1.29, 1.82) is 0 Å². The summed E-state index contributed by atoms with van der Waals surface area (Å²) in [5.74, 6) is 0.143. The summed E-state index contributed by atoms with van der Waals surface area (Å²) in [4.78, 5) is 25.1. The Balaban J connectivity index is 2.42. The molecule has 0 spiro atoms. The van der Waals surface area contributed by atoms with Crippen LogP contribution in [-0.4, -0.2) is 41.9 Å². The minimum Gasteiger partial charge on any atom is -0.352 e. The van der Waals surface area contributed by atoms with Gasteiger partial charge >= 0.3 is 0 Å². The molecule has 1 rings (SSSR count). The van der Waals surface area contributed by atoms with E-state index in [0.717, 1.165) is 12.8 Å². The highest BCUT2D eigenvalue weighted by atomic mass is 16.2. The molecule has 1 saturated heterocycles. The van der Waals surface area contributed by atoms with Gasteiger partial charge in [-0.15, -0.1) is 0 Å². The molecule has 2 amide bonds. The third-order valence-electron chi connectivity index (χ3n) is 3.47. The van der Waals surface area contributed by atoms with Crippen molar-refractivity contribution < 1.29 is 9.59 Å². The van der Waals surface area contributed by atoms with Crippen LogP contribution in [0.1, 0.15) is 40.0 Å². The molecule has 1 aliphatic rings. The summed E-state index contributed by atoms with van der Waals surface area (Å²) in [5.41, 5.74) is 5.93. The molecule has 0 aromatic heterocycles. The number of likely N-dealkylation sites (tertiary alicyclic amines) is 1. The molecule has 0 aliphatic carbocycles. The lowest BCUT2D eigenvalue weighted by Crippen LogP contribution is -2.53. The third-order valence-corrected chi connectivity index (χ3v) is 3.47. The summed E-state index contributed by atoms with van der Waals surface area (Å²) < 4.78 is 0. The predicted molar refractivity (Wildman–Crippen MR) is 70.8 cm³/mol. The Morgan fingerprint density at radius 3 is 2.89 bits per heavy atom. The molecule has 1 aliphatic heterocycles. The lowest BCUT2D eigenvalue weighted by molar-refractivity contribution is -0.139. The number of piperidine rings is 1. The van der Waals surface area contributed by atoms with E-state index < -0.39 is 0 Å². The molecule has 5 nitrogen and oxygen atoms in total. The zero-order valence-electron chi connectivity index (χ0n) is 11.6. The largest absolute Gasteiger partial charge is 0.352 e. The minimum atomic E-state index is -0.0916. The zero-order chi connectivity index (χ0) is 13.7. The Hall–Kier alpha value is -1.10. The normalized spacial score (nSPS) is 26.0. The molecule has 0 saturated carbocycles. The van der Waals surface area contributed by atoms with E-state index >= 15 is 0 Å². The van der Waals surface area contributed by atoms with E-state index in [1.54, 1.807) is 4.90 Å². The lowest BCUT2D eigenvalue weighted by atomic mass is 9.94. The number of amides is 2. The first-order valence-electron chi connectivity index (χ1n) is 6.76. The fraction of sp³-hybridized carbons (Fsp3) is 0.846. The fourth-order valence-electron chi connectivity index (χ4n) is 2.24. The van der Waals surface area contributed by atoms with Crippen LogP contribution < -0.4 is 11.1 Å². The van der Waals surface area contributed by atoms with E-state index in [1.165, 1.54) is 0 Å². The van der Waals surface area contributed by atoms with Crippen molar-refractivity contribution in [3.63, 3.8) is 0 Å². The van der Waals surface area contributed by atoms with Crippen LogP contribution in [-0.2, 0) is 9.59 Å². The van der Waals surface area contributed by atoms with Gasteiger partial charge in [-0.1, -0.05) is 20.3 Å². The average Bonchev–Trinajstić information content (AvgIpc) is 2.26. The zero-order valence-corrected chi connectivity index (χ0v) is 11.6. The second kappa shape index (κ2) is 6.73. The van der Waals surface area contributed by atoms with Crippen LogP contribution in [0.4, 0.5) is 0 Å². The number of carbonyl (C=O) groups excluding carboxylic acids is 2. The van der Waals surface area contributed by atoms with Crippen LogP contribution in [0.25, 0.3) is 0 Å². The second-order valence-electron chi connectivity index (χ2n) is 5.38. The van der Waals surface area contributed by atoms with Crippen molar-refractivity contribution in [3.05, 3.63) is 0 Å². The monoisotopic (exact) mass is 255 g/mol. The highest BCUT2D eigenvalue weighted by Gasteiger charge is 2.30. The molecule has 5 heteroatoms.